The Labute approximate surface area is 111 Å². The van der Waals surface area contributed by atoms with Crippen molar-refractivity contribution in [1.82, 2.24) is 0 Å². The van der Waals surface area contributed by atoms with Gasteiger partial charge in [-0.05, 0) is 24.1 Å². The summed E-state index contributed by atoms with van der Waals surface area (Å²) in [6.45, 7) is 1.97. The number of rotatable bonds is 7. The molecule has 0 aromatic heterocycles. The van der Waals surface area contributed by atoms with Crippen molar-refractivity contribution in [2.75, 3.05) is 13.9 Å². The summed E-state index contributed by atoms with van der Waals surface area (Å²) < 4.78 is 23.2. The van der Waals surface area contributed by atoms with Gasteiger partial charge in [-0.15, -0.1) is 0 Å². The van der Waals surface area contributed by atoms with Crippen LogP contribution in [0.25, 0.3) is 0 Å². The summed E-state index contributed by atoms with van der Waals surface area (Å²) in [5.74, 6) is 0.251. The Balaban J connectivity index is 2.58. The van der Waals surface area contributed by atoms with Gasteiger partial charge in [-0.1, -0.05) is 24.8 Å². The van der Waals surface area contributed by atoms with E-state index >= 15 is 0 Å². The molecule has 1 aromatic rings. The lowest BCUT2D eigenvalue weighted by Crippen LogP contribution is -2.01. The summed E-state index contributed by atoms with van der Waals surface area (Å²) in [6.07, 6.45) is 1.41. The predicted octanol–water partition coefficient (Wildman–Crippen LogP) is 3.37. The molecule has 0 aliphatic carbocycles. The van der Waals surface area contributed by atoms with E-state index in [2.05, 4.69) is 0 Å². The van der Waals surface area contributed by atoms with Crippen molar-refractivity contribution < 1.29 is 18.7 Å². The standard InChI is InChI=1S/C13H17FO3S/c1-3-4-13(15)18-8-10-5-6-11(14)12(7-10)17-9-16-2/h5-7H,3-4,8-9H2,1-2H3. The van der Waals surface area contributed by atoms with Crippen molar-refractivity contribution in [3.63, 3.8) is 0 Å². The summed E-state index contributed by atoms with van der Waals surface area (Å²) in [5.41, 5.74) is 0.858. The highest BCUT2D eigenvalue weighted by Crippen LogP contribution is 2.22. The second-order valence-corrected chi connectivity index (χ2v) is 4.76. The van der Waals surface area contributed by atoms with Crippen LogP contribution in [-0.4, -0.2) is 19.0 Å². The highest BCUT2D eigenvalue weighted by Gasteiger charge is 2.07. The van der Waals surface area contributed by atoms with Gasteiger partial charge in [0.05, 0.1) is 0 Å². The van der Waals surface area contributed by atoms with E-state index < -0.39 is 5.82 Å². The van der Waals surface area contributed by atoms with Crippen LogP contribution in [0.3, 0.4) is 0 Å². The van der Waals surface area contributed by atoms with Crippen molar-refractivity contribution in [2.24, 2.45) is 0 Å². The van der Waals surface area contributed by atoms with Gasteiger partial charge >= 0.3 is 0 Å². The predicted molar refractivity (Wildman–Crippen MR) is 70.1 cm³/mol. The van der Waals surface area contributed by atoms with Gasteiger partial charge in [-0.3, -0.25) is 4.79 Å². The first-order chi connectivity index (χ1) is 8.67. The van der Waals surface area contributed by atoms with Crippen LogP contribution in [0.5, 0.6) is 5.75 Å². The molecular weight excluding hydrogens is 255 g/mol. The van der Waals surface area contributed by atoms with Crippen LogP contribution >= 0.6 is 11.8 Å². The summed E-state index contributed by atoms with van der Waals surface area (Å²) in [7, 11) is 1.47. The van der Waals surface area contributed by atoms with Crippen LogP contribution < -0.4 is 4.74 Å². The molecule has 5 heteroatoms. The van der Waals surface area contributed by atoms with E-state index in [-0.39, 0.29) is 17.7 Å². The highest BCUT2D eigenvalue weighted by atomic mass is 32.2. The maximum atomic E-state index is 13.4. The molecule has 0 radical (unpaired) electrons. The monoisotopic (exact) mass is 272 g/mol. The van der Waals surface area contributed by atoms with E-state index in [9.17, 15) is 9.18 Å². The zero-order valence-corrected chi connectivity index (χ0v) is 11.4. The van der Waals surface area contributed by atoms with E-state index in [1.54, 1.807) is 12.1 Å². The SMILES string of the molecule is CCCC(=O)SCc1ccc(F)c(OCOC)c1. The van der Waals surface area contributed by atoms with E-state index in [0.717, 1.165) is 12.0 Å². The van der Waals surface area contributed by atoms with Crippen LogP contribution in [0.4, 0.5) is 4.39 Å². The summed E-state index contributed by atoms with van der Waals surface area (Å²) in [4.78, 5) is 11.4. The first kappa shape index (κ1) is 15.0. The molecule has 100 valence electrons. The van der Waals surface area contributed by atoms with Gasteiger partial charge in [0.25, 0.3) is 0 Å². The number of benzene rings is 1. The van der Waals surface area contributed by atoms with Crippen LogP contribution in [0, 0.1) is 5.82 Å². The minimum atomic E-state index is -0.430. The molecule has 0 spiro atoms. The normalized spacial score (nSPS) is 10.4. The van der Waals surface area contributed by atoms with E-state index in [0.29, 0.717) is 12.2 Å². The fourth-order valence-corrected chi connectivity index (χ4v) is 2.17. The summed E-state index contributed by atoms with van der Waals surface area (Å²) >= 11 is 1.24. The average molecular weight is 272 g/mol. The Morgan fingerprint density at radius 1 is 1.44 bits per heavy atom. The lowest BCUT2D eigenvalue weighted by molar-refractivity contribution is -0.111. The molecule has 0 atom stereocenters. The van der Waals surface area contributed by atoms with Crippen molar-refractivity contribution in [2.45, 2.75) is 25.5 Å². The molecule has 0 bridgehead atoms. The zero-order valence-electron chi connectivity index (χ0n) is 10.6. The molecule has 0 fully saturated rings. The molecule has 0 aliphatic heterocycles. The Bertz CT molecular complexity index is 396. The molecule has 1 aromatic carbocycles. The van der Waals surface area contributed by atoms with Crippen LogP contribution in [0.1, 0.15) is 25.3 Å². The number of ether oxygens (including phenoxy) is 2. The second-order valence-electron chi connectivity index (χ2n) is 3.73. The van der Waals surface area contributed by atoms with E-state index in [1.807, 2.05) is 6.92 Å². The van der Waals surface area contributed by atoms with Crippen molar-refractivity contribution in [3.8, 4) is 5.75 Å². The summed E-state index contributed by atoms with van der Waals surface area (Å²) in [6, 6.07) is 4.59. The number of halogens is 1. The Hall–Kier alpha value is -1.07. The molecule has 0 amide bonds. The van der Waals surface area contributed by atoms with Gasteiger partial charge in [-0.2, -0.15) is 0 Å². The van der Waals surface area contributed by atoms with E-state index in [1.165, 1.54) is 24.9 Å². The fraction of sp³-hybridized carbons (Fsp3) is 0.462. The van der Waals surface area contributed by atoms with Gasteiger partial charge in [0.2, 0.25) is 0 Å². The lowest BCUT2D eigenvalue weighted by Gasteiger charge is -2.08. The molecule has 0 saturated carbocycles. The quantitative estimate of drug-likeness (QED) is 0.713. The number of methoxy groups -OCH3 is 1. The van der Waals surface area contributed by atoms with Gasteiger partial charge < -0.3 is 9.47 Å². The molecule has 0 unspecified atom stereocenters. The van der Waals surface area contributed by atoms with Crippen molar-refractivity contribution in [1.29, 1.82) is 0 Å². The number of thioether (sulfide) groups is 1. The first-order valence-corrected chi connectivity index (χ1v) is 6.71. The Morgan fingerprint density at radius 2 is 2.22 bits per heavy atom. The molecule has 3 nitrogen and oxygen atoms in total. The smallest absolute Gasteiger partial charge is 0.189 e. The third-order valence-corrected chi connectivity index (χ3v) is 3.19. The number of hydrogen-bond acceptors (Lipinski definition) is 4. The molecule has 0 aliphatic rings. The number of carbonyl (C=O) groups is 1. The van der Waals surface area contributed by atoms with Crippen molar-refractivity contribution in [3.05, 3.63) is 29.6 Å². The first-order valence-electron chi connectivity index (χ1n) is 5.73. The largest absolute Gasteiger partial charge is 0.464 e. The third kappa shape index (κ3) is 5.06. The van der Waals surface area contributed by atoms with Gasteiger partial charge in [-0.25, -0.2) is 4.39 Å². The number of carbonyl (C=O) groups excluding carboxylic acids is 1. The minimum absolute atomic E-state index is 0.00226. The molecule has 0 heterocycles. The fourth-order valence-electron chi connectivity index (χ4n) is 1.31. The molecule has 0 saturated heterocycles. The molecular formula is C13H17FO3S. The molecule has 18 heavy (non-hydrogen) atoms. The van der Waals surface area contributed by atoms with E-state index in [4.69, 9.17) is 9.47 Å². The third-order valence-electron chi connectivity index (χ3n) is 2.18. The van der Waals surface area contributed by atoms with Gasteiger partial charge in [0.15, 0.2) is 23.5 Å². The summed E-state index contributed by atoms with van der Waals surface area (Å²) in [5, 5.41) is 0.154. The topological polar surface area (TPSA) is 35.5 Å². The maximum absolute atomic E-state index is 13.4. The lowest BCUT2D eigenvalue weighted by atomic mass is 10.2. The van der Waals surface area contributed by atoms with Crippen LogP contribution in [0.15, 0.2) is 18.2 Å². The van der Waals surface area contributed by atoms with Gasteiger partial charge in [0.1, 0.15) is 0 Å². The molecule has 0 N–H and O–H groups in total. The average Bonchev–Trinajstić information content (AvgIpc) is 2.36. The second kappa shape index (κ2) is 8.11. The molecule has 1 rings (SSSR count). The van der Waals surface area contributed by atoms with Gasteiger partial charge in [0, 0.05) is 19.3 Å². The minimum Gasteiger partial charge on any atom is -0.464 e. The maximum Gasteiger partial charge on any atom is 0.189 e. The highest BCUT2D eigenvalue weighted by molar-refractivity contribution is 8.12. The number of hydrogen-bond donors (Lipinski definition) is 0. The van der Waals surface area contributed by atoms with Crippen LogP contribution in [-0.2, 0) is 15.3 Å². The Kier molecular flexibility index (Phi) is 6.75. The zero-order chi connectivity index (χ0) is 13.4. The Morgan fingerprint density at radius 3 is 2.89 bits per heavy atom. The van der Waals surface area contributed by atoms with Crippen LogP contribution in [0.2, 0.25) is 0 Å². The van der Waals surface area contributed by atoms with Crippen molar-refractivity contribution >= 4 is 16.9 Å².